The van der Waals surface area contributed by atoms with Crippen LogP contribution in [0.4, 0.5) is 4.39 Å². The van der Waals surface area contributed by atoms with Crippen LogP contribution in [-0.2, 0) is 0 Å². The summed E-state index contributed by atoms with van der Waals surface area (Å²) in [6.07, 6.45) is -1.16. The molecular weight excluding hydrogens is 342 g/mol. The zero-order valence-corrected chi connectivity index (χ0v) is 12.1. The Morgan fingerprint density at radius 1 is 1.06 bits per heavy atom. The molecule has 2 aromatic rings. The van der Waals surface area contributed by atoms with E-state index in [2.05, 4.69) is 15.9 Å². The second-order valence-corrected chi connectivity index (χ2v) is 5.33. The molecule has 0 aromatic heterocycles. The highest BCUT2D eigenvalue weighted by Crippen LogP contribution is 2.35. The maximum absolute atomic E-state index is 13.9. The van der Waals surface area contributed by atoms with Gasteiger partial charge < -0.3 is 5.11 Å². The molecule has 0 aliphatic heterocycles. The maximum atomic E-state index is 13.9. The molecule has 2 aromatic carbocycles. The Balaban J connectivity index is 2.51. The highest BCUT2D eigenvalue weighted by atomic mass is 79.9. The summed E-state index contributed by atoms with van der Waals surface area (Å²) in [4.78, 5) is 0. The zero-order chi connectivity index (χ0) is 13.3. The van der Waals surface area contributed by atoms with E-state index >= 15 is 0 Å². The van der Waals surface area contributed by atoms with Crippen LogP contribution in [0.2, 0.25) is 10.0 Å². The summed E-state index contributed by atoms with van der Waals surface area (Å²) in [6.45, 7) is 0. The molecule has 5 heteroatoms. The molecule has 2 rings (SSSR count). The Hall–Kier alpha value is -0.610. The van der Waals surface area contributed by atoms with Gasteiger partial charge in [-0.2, -0.15) is 0 Å². The van der Waals surface area contributed by atoms with E-state index in [1.165, 1.54) is 6.07 Å². The molecule has 0 bridgehead atoms. The lowest BCUT2D eigenvalue weighted by Gasteiger charge is -2.15. The summed E-state index contributed by atoms with van der Waals surface area (Å²) in [5.41, 5.74) is 0.523. The summed E-state index contributed by atoms with van der Waals surface area (Å²) in [7, 11) is 0. The number of aliphatic hydroxyl groups is 1. The van der Waals surface area contributed by atoms with E-state index in [4.69, 9.17) is 23.2 Å². The lowest BCUT2D eigenvalue weighted by Crippen LogP contribution is -2.04. The van der Waals surface area contributed by atoms with Gasteiger partial charge in [-0.1, -0.05) is 47.5 Å². The van der Waals surface area contributed by atoms with E-state index in [9.17, 15) is 9.50 Å². The summed E-state index contributed by atoms with van der Waals surface area (Å²) >= 11 is 14.9. The molecule has 0 aliphatic carbocycles. The molecule has 0 radical (unpaired) electrons. The monoisotopic (exact) mass is 348 g/mol. The lowest BCUT2D eigenvalue weighted by molar-refractivity contribution is 0.215. The van der Waals surface area contributed by atoms with E-state index in [-0.39, 0.29) is 15.1 Å². The molecule has 0 amide bonds. The van der Waals surface area contributed by atoms with Crippen molar-refractivity contribution < 1.29 is 9.50 Å². The van der Waals surface area contributed by atoms with Gasteiger partial charge in [0.15, 0.2) is 0 Å². The molecule has 1 atom stereocenters. The third-order valence-electron chi connectivity index (χ3n) is 2.55. The van der Waals surface area contributed by atoms with Crippen molar-refractivity contribution in [2.75, 3.05) is 0 Å². The summed E-state index contributed by atoms with van der Waals surface area (Å²) < 4.78 is 14.2. The van der Waals surface area contributed by atoms with Crippen molar-refractivity contribution in [1.82, 2.24) is 0 Å². The van der Waals surface area contributed by atoms with Crippen LogP contribution in [-0.4, -0.2) is 5.11 Å². The smallest absolute Gasteiger partial charge is 0.143 e. The van der Waals surface area contributed by atoms with Gasteiger partial charge in [-0.05, 0) is 28.1 Å². The van der Waals surface area contributed by atoms with Crippen LogP contribution in [0.1, 0.15) is 17.2 Å². The first-order valence-electron chi connectivity index (χ1n) is 5.08. The molecule has 0 saturated heterocycles. The fraction of sp³-hybridized carbons (Fsp3) is 0.0769. The van der Waals surface area contributed by atoms with E-state index in [1.54, 1.807) is 30.3 Å². The van der Waals surface area contributed by atoms with Crippen LogP contribution in [0.25, 0.3) is 0 Å². The van der Waals surface area contributed by atoms with Crippen LogP contribution in [0.3, 0.4) is 0 Å². The third-order valence-corrected chi connectivity index (χ3v) is 4.00. The minimum Gasteiger partial charge on any atom is -0.383 e. The summed E-state index contributed by atoms with van der Waals surface area (Å²) in [5.74, 6) is -0.513. The summed E-state index contributed by atoms with van der Waals surface area (Å²) in [6, 6.07) is 9.58. The largest absolute Gasteiger partial charge is 0.383 e. The van der Waals surface area contributed by atoms with Crippen LogP contribution < -0.4 is 0 Å². The van der Waals surface area contributed by atoms with E-state index in [0.717, 1.165) is 0 Å². The normalized spacial score (nSPS) is 12.5. The van der Waals surface area contributed by atoms with Crippen molar-refractivity contribution in [1.29, 1.82) is 0 Å². The number of hydrogen-bond acceptors (Lipinski definition) is 1. The first-order valence-corrected chi connectivity index (χ1v) is 6.63. The van der Waals surface area contributed by atoms with Crippen LogP contribution in [0, 0.1) is 5.82 Å². The van der Waals surface area contributed by atoms with Crippen LogP contribution in [0.15, 0.2) is 40.9 Å². The Morgan fingerprint density at radius 2 is 1.67 bits per heavy atom. The number of benzene rings is 2. The van der Waals surface area contributed by atoms with Crippen molar-refractivity contribution in [3.05, 3.63) is 67.9 Å². The highest BCUT2D eigenvalue weighted by Gasteiger charge is 2.19. The number of aliphatic hydroxyl groups excluding tert-OH is 1. The highest BCUT2D eigenvalue weighted by molar-refractivity contribution is 9.10. The summed E-state index contributed by atoms with van der Waals surface area (Å²) in [5, 5.41) is 10.7. The van der Waals surface area contributed by atoms with Crippen molar-refractivity contribution in [3.63, 3.8) is 0 Å². The Labute approximate surface area is 122 Å². The number of halogens is 4. The average molecular weight is 350 g/mol. The Kier molecular flexibility index (Phi) is 4.28. The van der Waals surface area contributed by atoms with Crippen LogP contribution >= 0.6 is 39.1 Å². The average Bonchev–Trinajstić information content (AvgIpc) is 2.35. The SMILES string of the molecule is OC(c1cccc(Br)c1F)c1cccc(Cl)c1Cl. The molecule has 1 nitrogen and oxygen atoms in total. The number of hydrogen-bond donors (Lipinski definition) is 1. The minimum atomic E-state index is -1.16. The second-order valence-electron chi connectivity index (χ2n) is 3.69. The Bertz CT molecular complexity index is 538. The van der Waals surface area contributed by atoms with Gasteiger partial charge in [0, 0.05) is 11.1 Å². The van der Waals surface area contributed by atoms with Gasteiger partial charge in [0.25, 0.3) is 0 Å². The Morgan fingerprint density at radius 3 is 2.39 bits per heavy atom. The molecule has 18 heavy (non-hydrogen) atoms. The van der Waals surface area contributed by atoms with E-state index in [0.29, 0.717) is 10.6 Å². The minimum absolute atomic E-state index is 0.147. The fourth-order valence-electron chi connectivity index (χ4n) is 1.63. The van der Waals surface area contributed by atoms with Gasteiger partial charge >= 0.3 is 0 Å². The molecule has 0 saturated carbocycles. The van der Waals surface area contributed by atoms with Gasteiger partial charge in [0.05, 0.1) is 14.5 Å². The molecule has 0 fully saturated rings. The molecule has 0 spiro atoms. The van der Waals surface area contributed by atoms with Gasteiger partial charge in [0.2, 0.25) is 0 Å². The van der Waals surface area contributed by atoms with Crippen molar-refractivity contribution in [2.45, 2.75) is 6.10 Å². The zero-order valence-electron chi connectivity index (χ0n) is 9.00. The quantitative estimate of drug-likeness (QED) is 0.810. The van der Waals surface area contributed by atoms with Gasteiger partial charge in [-0.25, -0.2) is 4.39 Å². The molecule has 0 aliphatic rings. The third kappa shape index (κ3) is 2.54. The lowest BCUT2D eigenvalue weighted by atomic mass is 10.0. The fourth-order valence-corrected chi connectivity index (χ4v) is 2.42. The molecular formula is C13H8BrCl2FO. The first kappa shape index (κ1) is 13.8. The molecule has 1 unspecified atom stereocenters. The molecule has 0 heterocycles. The molecule has 1 N–H and O–H groups in total. The predicted molar refractivity (Wildman–Crippen MR) is 74.6 cm³/mol. The standard InChI is InChI=1S/C13H8BrCl2FO/c14-9-5-1-4-8(12(9)17)13(18)7-3-2-6-10(15)11(7)16/h1-6,13,18H. The van der Waals surface area contributed by atoms with Crippen molar-refractivity contribution >= 4 is 39.1 Å². The first-order chi connectivity index (χ1) is 8.52. The van der Waals surface area contributed by atoms with Crippen molar-refractivity contribution in [3.8, 4) is 0 Å². The van der Waals surface area contributed by atoms with E-state index < -0.39 is 11.9 Å². The van der Waals surface area contributed by atoms with Crippen LogP contribution in [0.5, 0.6) is 0 Å². The van der Waals surface area contributed by atoms with Gasteiger partial charge in [-0.15, -0.1) is 0 Å². The number of rotatable bonds is 2. The topological polar surface area (TPSA) is 20.2 Å². The van der Waals surface area contributed by atoms with E-state index in [1.807, 2.05) is 0 Å². The maximum Gasteiger partial charge on any atom is 0.143 e. The van der Waals surface area contributed by atoms with Gasteiger partial charge in [-0.3, -0.25) is 0 Å². The molecule has 94 valence electrons. The predicted octanol–water partition coefficient (Wildman–Crippen LogP) is 4.98. The second kappa shape index (κ2) is 5.57. The van der Waals surface area contributed by atoms with Gasteiger partial charge in [0.1, 0.15) is 11.9 Å². The van der Waals surface area contributed by atoms with Crippen molar-refractivity contribution in [2.24, 2.45) is 0 Å².